The lowest BCUT2D eigenvalue weighted by Crippen LogP contribution is -2.29. The van der Waals surface area contributed by atoms with Crippen LogP contribution in [0.3, 0.4) is 0 Å². The van der Waals surface area contributed by atoms with Gasteiger partial charge in [-0.2, -0.15) is 4.99 Å². The predicted molar refractivity (Wildman–Crippen MR) is 163 cm³/mol. The van der Waals surface area contributed by atoms with Gasteiger partial charge in [0.2, 0.25) is 0 Å². The lowest BCUT2D eigenvalue weighted by molar-refractivity contribution is -0.274. The number of hydrogen-bond donors (Lipinski definition) is 1. The maximum absolute atomic E-state index is 15.0. The summed E-state index contributed by atoms with van der Waals surface area (Å²) in [6.45, 7) is 6.76. The number of rotatable bonds is 8. The van der Waals surface area contributed by atoms with Crippen LogP contribution in [-0.2, 0) is 0 Å². The maximum atomic E-state index is 15.0. The summed E-state index contributed by atoms with van der Waals surface area (Å²) in [6.07, 6.45) is -4.82. The second-order valence-electron chi connectivity index (χ2n) is 10.4. The summed E-state index contributed by atoms with van der Waals surface area (Å²) in [5.41, 5.74) is 4.79. The molecule has 0 bridgehead atoms. The number of halogens is 4. The first kappa shape index (κ1) is 31.0. The number of anilines is 1. The van der Waals surface area contributed by atoms with Crippen LogP contribution in [0.25, 0.3) is 17.1 Å². The van der Waals surface area contributed by atoms with Crippen LogP contribution in [0.1, 0.15) is 42.6 Å². The van der Waals surface area contributed by atoms with Crippen LogP contribution in [-0.4, -0.2) is 51.2 Å². The molecule has 4 aromatic rings. The molecule has 230 valence electrons. The Kier molecular flexibility index (Phi) is 9.23. The van der Waals surface area contributed by atoms with Crippen molar-refractivity contribution in [3.05, 3.63) is 89.7 Å². The van der Waals surface area contributed by atoms with Crippen molar-refractivity contribution in [2.75, 3.05) is 23.7 Å². The summed E-state index contributed by atoms with van der Waals surface area (Å²) in [4.78, 5) is 23.2. The average molecular weight is 627 g/mol. The van der Waals surface area contributed by atoms with E-state index in [0.29, 0.717) is 33.7 Å². The number of ether oxygens (including phenoxy) is 1. The third-order valence-corrected chi connectivity index (χ3v) is 7.82. The van der Waals surface area contributed by atoms with Gasteiger partial charge in [0, 0.05) is 23.5 Å². The van der Waals surface area contributed by atoms with E-state index in [4.69, 9.17) is 0 Å². The Balaban J connectivity index is 1.19. The Hall–Kier alpha value is -4.39. The topological polar surface area (TPSA) is 84.6 Å². The van der Waals surface area contributed by atoms with Crippen molar-refractivity contribution in [2.45, 2.75) is 39.2 Å². The average Bonchev–Trinajstić information content (AvgIpc) is 3.66. The third kappa shape index (κ3) is 7.57. The normalized spacial score (nSPS) is 15.2. The zero-order valence-corrected chi connectivity index (χ0v) is 25.0. The summed E-state index contributed by atoms with van der Waals surface area (Å²) >= 11 is 1.49. The molecule has 1 saturated heterocycles. The van der Waals surface area contributed by atoms with Gasteiger partial charge < -0.3 is 15.0 Å². The SMILES string of the molecule is Cc1ccc(C(C)C)c(N2CCSC2=NC(=O)NCC(F)c2ccc(-c3ncn(-c4ccc(OC(F)(F)F)cc4)n3)cc2)c1. The van der Waals surface area contributed by atoms with E-state index < -0.39 is 18.6 Å². The number of alkyl halides is 4. The molecular weight excluding hydrogens is 596 g/mol. The van der Waals surface area contributed by atoms with Gasteiger partial charge in [-0.25, -0.2) is 18.9 Å². The van der Waals surface area contributed by atoms with Gasteiger partial charge in [-0.1, -0.05) is 62.0 Å². The number of aliphatic imine (C=N–C) groups is 1. The summed E-state index contributed by atoms with van der Waals surface area (Å²) < 4.78 is 57.5. The van der Waals surface area contributed by atoms with Crippen molar-refractivity contribution >= 4 is 28.6 Å². The lowest BCUT2D eigenvalue weighted by atomic mass is 9.99. The molecule has 2 heterocycles. The van der Waals surface area contributed by atoms with E-state index in [0.717, 1.165) is 23.5 Å². The van der Waals surface area contributed by atoms with Gasteiger partial charge in [-0.05, 0) is 59.9 Å². The Morgan fingerprint density at radius 3 is 2.50 bits per heavy atom. The fraction of sp³-hybridized carbons (Fsp3) is 0.290. The Morgan fingerprint density at radius 2 is 1.82 bits per heavy atom. The summed E-state index contributed by atoms with van der Waals surface area (Å²) in [5, 5.41) is 7.52. The molecule has 0 saturated carbocycles. The zero-order chi connectivity index (χ0) is 31.4. The highest BCUT2D eigenvalue weighted by molar-refractivity contribution is 8.14. The zero-order valence-electron chi connectivity index (χ0n) is 24.2. The highest BCUT2D eigenvalue weighted by atomic mass is 32.2. The second-order valence-corrected chi connectivity index (χ2v) is 11.5. The molecule has 0 radical (unpaired) electrons. The van der Waals surface area contributed by atoms with Crippen LogP contribution in [0.4, 0.5) is 28.0 Å². The molecule has 0 spiro atoms. The number of aromatic nitrogens is 3. The van der Waals surface area contributed by atoms with Crippen molar-refractivity contribution in [3.8, 4) is 22.8 Å². The number of urea groups is 1. The van der Waals surface area contributed by atoms with Gasteiger partial charge in [0.15, 0.2) is 11.0 Å². The van der Waals surface area contributed by atoms with Crippen molar-refractivity contribution in [3.63, 3.8) is 0 Å². The van der Waals surface area contributed by atoms with Gasteiger partial charge in [0.25, 0.3) is 0 Å². The van der Waals surface area contributed by atoms with Crippen LogP contribution in [0, 0.1) is 6.92 Å². The van der Waals surface area contributed by atoms with Crippen molar-refractivity contribution in [2.24, 2.45) is 4.99 Å². The van der Waals surface area contributed by atoms with E-state index in [1.165, 1.54) is 52.6 Å². The molecule has 2 amide bonds. The first-order valence-electron chi connectivity index (χ1n) is 13.9. The Bertz CT molecular complexity index is 1640. The minimum atomic E-state index is -4.77. The quantitative estimate of drug-likeness (QED) is 0.203. The number of aryl methyl sites for hydroxylation is 1. The van der Waals surface area contributed by atoms with E-state index in [1.807, 2.05) is 11.8 Å². The maximum Gasteiger partial charge on any atom is 0.573 e. The number of nitrogens with zero attached hydrogens (tertiary/aromatic N) is 5. The number of hydrogen-bond acceptors (Lipinski definition) is 5. The van der Waals surface area contributed by atoms with E-state index in [1.54, 1.807) is 24.3 Å². The molecule has 5 rings (SSSR count). The van der Waals surface area contributed by atoms with Crippen molar-refractivity contribution in [1.29, 1.82) is 0 Å². The molecule has 1 aromatic heterocycles. The molecular formula is C31H30F4N6O2S. The minimum absolute atomic E-state index is 0.248. The first-order valence-corrected chi connectivity index (χ1v) is 14.8. The van der Waals surface area contributed by atoms with Gasteiger partial charge in [-0.15, -0.1) is 18.3 Å². The molecule has 3 aromatic carbocycles. The molecule has 1 aliphatic heterocycles. The molecule has 8 nitrogen and oxygen atoms in total. The molecule has 0 aliphatic carbocycles. The molecule has 1 N–H and O–H groups in total. The van der Waals surface area contributed by atoms with E-state index >= 15 is 4.39 Å². The number of amidine groups is 1. The van der Waals surface area contributed by atoms with Crippen LogP contribution < -0.4 is 15.0 Å². The van der Waals surface area contributed by atoms with Crippen molar-refractivity contribution < 1.29 is 27.1 Å². The molecule has 1 atom stereocenters. The van der Waals surface area contributed by atoms with Gasteiger partial charge in [0.05, 0.1) is 12.2 Å². The largest absolute Gasteiger partial charge is 0.573 e. The van der Waals surface area contributed by atoms with Crippen LogP contribution >= 0.6 is 11.8 Å². The molecule has 44 heavy (non-hydrogen) atoms. The Morgan fingerprint density at radius 1 is 1.09 bits per heavy atom. The third-order valence-electron chi connectivity index (χ3n) is 6.86. The van der Waals surface area contributed by atoms with Crippen LogP contribution in [0.2, 0.25) is 0 Å². The summed E-state index contributed by atoms with van der Waals surface area (Å²) in [7, 11) is 0. The highest BCUT2D eigenvalue weighted by Crippen LogP contribution is 2.33. The van der Waals surface area contributed by atoms with E-state index in [9.17, 15) is 18.0 Å². The first-order chi connectivity index (χ1) is 21.0. The number of amides is 2. The highest BCUT2D eigenvalue weighted by Gasteiger charge is 2.31. The minimum Gasteiger partial charge on any atom is -0.406 e. The van der Waals surface area contributed by atoms with E-state index in [-0.39, 0.29) is 12.3 Å². The molecule has 1 aliphatic rings. The summed E-state index contributed by atoms with van der Waals surface area (Å²) in [6, 6.07) is 17.4. The van der Waals surface area contributed by atoms with Gasteiger partial charge >= 0.3 is 12.4 Å². The molecule has 1 unspecified atom stereocenters. The number of carbonyl (C=O) groups is 1. The smallest absolute Gasteiger partial charge is 0.406 e. The Labute approximate surface area is 256 Å². The van der Waals surface area contributed by atoms with Crippen molar-refractivity contribution in [1.82, 2.24) is 20.1 Å². The molecule has 1 fully saturated rings. The fourth-order valence-corrected chi connectivity index (χ4v) is 5.63. The number of nitrogens with one attached hydrogen (secondary N) is 1. The standard InChI is InChI=1S/C31H30F4N6O2S/c1-19(2)25-13-4-20(3)16-27(25)40-14-15-44-30(40)38-29(42)36-17-26(32)21-5-7-22(8-6-21)28-37-18-41(39-28)23-9-11-24(12-10-23)43-31(33,34)35/h4-13,16,18-19,26H,14-15,17H2,1-3H3,(H,36,42). The van der Waals surface area contributed by atoms with Gasteiger partial charge in [-0.3, -0.25) is 0 Å². The number of carbonyl (C=O) groups excluding carboxylic acids is 1. The monoisotopic (exact) mass is 626 g/mol. The molecule has 13 heteroatoms. The van der Waals surface area contributed by atoms with Crippen LogP contribution in [0.5, 0.6) is 5.75 Å². The predicted octanol–water partition coefficient (Wildman–Crippen LogP) is 7.59. The van der Waals surface area contributed by atoms with Gasteiger partial charge in [0.1, 0.15) is 18.2 Å². The second kappa shape index (κ2) is 13.1. The fourth-order valence-electron chi connectivity index (χ4n) is 4.68. The number of benzene rings is 3. The van der Waals surface area contributed by atoms with E-state index in [2.05, 4.69) is 57.2 Å². The number of thioether (sulfide) groups is 1. The summed E-state index contributed by atoms with van der Waals surface area (Å²) in [5.74, 6) is 1.10. The lowest BCUT2D eigenvalue weighted by Gasteiger charge is -2.23. The van der Waals surface area contributed by atoms with Crippen LogP contribution in [0.15, 0.2) is 78.0 Å².